The molecule has 0 aliphatic carbocycles. The van der Waals surface area contributed by atoms with Crippen LogP contribution in [0.2, 0.25) is 5.02 Å². The molecule has 22 heavy (non-hydrogen) atoms. The number of amides is 2. The number of para-hydroxylation sites is 1. The van der Waals surface area contributed by atoms with Gasteiger partial charge in [-0.15, -0.1) is 0 Å². The van der Waals surface area contributed by atoms with Crippen molar-refractivity contribution >= 4 is 23.3 Å². The van der Waals surface area contributed by atoms with Gasteiger partial charge < -0.3 is 15.1 Å². The van der Waals surface area contributed by atoms with Gasteiger partial charge in [-0.2, -0.15) is 0 Å². The highest BCUT2D eigenvalue weighted by Crippen LogP contribution is 2.31. The summed E-state index contributed by atoms with van der Waals surface area (Å²) in [5.74, 6) is 0.602. The quantitative estimate of drug-likeness (QED) is 0.858. The van der Waals surface area contributed by atoms with Crippen molar-refractivity contribution in [2.75, 3.05) is 32.0 Å². The van der Waals surface area contributed by atoms with Gasteiger partial charge in [-0.3, -0.25) is 0 Å². The third-order valence-corrected chi connectivity index (χ3v) is 5.30. The topological polar surface area (TPSA) is 35.6 Å². The molecule has 1 aromatic carbocycles. The molecule has 2 amide bonds. The number of hydrogen-bond acceptors (Lipinski definition) is 2. The van der Waals surface area contributed by atoms with Crippen LogP contribution in [0.25, 0.3) is 0 Å². The number of carbonyl (C=O) groups excluding carboxylic acids is 1. The number of halogens is 1. The summed E-state index contributed by atoms with van der Waals surface area (Å²) >= 11 is 6.23. The molecule has 2 aliphatic rings. The number of fused-ring (bicyclic) bond motifs is 1. The first-order valence-corrected chi connectivity index (χ1v) is 8.45. The van der Waals surface area contributed by atoms with E-state index < -0.39 is 0 Å². The van der Waals surface area contributed by atoms with Crippen LogP contribution < -0.4 is 5.32 Å². The second-order valence-electron chi connectivity index (χ2n) is 6.58. The number of nitrogens with one attached hydrogen (secondary N) is 1. The van der Waals surface area contributed by atoms with Gasteiger partial charge in [-0.1, -0.05) is 23.7 Å². The molecule has 3 rings (SSSR count). The van der Waals surface area contributed by atoms with Gasteiger partial charge in [0.25, 0.3) is 0 Å². The van der Waals surface area contributed by atoms with E-state index in [-0.39, 0.29) is 6.03 Å². The predicted octanol–water partition coefficient (Wildman–Crippen LogP) is 3.60. The lowest BCUT2D eigenvalue weighted by atomic mass is 9.84. The van der Waals surface area contributed by atoms with Crippen molar-refractivity contribution in [3.8, 4) is 0 Å². The van der Waals surface area contributed by atoms with Crippen molar-refractivity contribution in [2.45, 2.75) is 32.2 Å². The molecule has 2 heterocycles. The number of aryl methyl sites for hydroxylation is 1. The van der Waals surface area contributed by atoms with E-state index in [1.165, 1.54) is 6.42 Å². The number of anilines is 1. The highest BCUT2D eigenvalue weighted by Gasteiger charge is 2.37. The van der Waals surface area contributed by atoms with E-state index >= 15 is 0 Å². The molecule has 120 valence electrons. The summed E-state index contributed by atoms with van der Waals surface area (Å²) in [7, 11) is 2.17. The number of likely N-dealkylation sites (tertiary alicyclic amines) is 2. The number of hydrogen-bond donors (Lipinski definition) is 1. The largest absolute Gasteiger partial charge is 0.322 e. The molecule has 0 bridgehead atoms. The van der Waals surface area contributed by atoms with Crippen molar-refractivity contribution in [2.24, 2.45) is 5.92 Å². The number of nitrogens with zero attached hydrogens (tertiary/aromatic N) is 2. The molecular weight excluding hydrogens is 298 g/mol. The Morgan fingerprint density at radius 2 is 2.14 bits per heavy atom. The van der Waals surface area contributed by atoms with Crippen molar-refractivity contribution in [1.29, 1.82) is 0 Å². The van der Waals surface area contributed by atoms with E-state index in [9.17, 15) is 4.79 Å². The summed E-state index contributed by atoms with van der Waals surface area (Å²) in [5.41, 5.74) is 1.74. The maximum absolute atomic E-state index is 12.8. The molecule has 2 atom stereocenters. The molecule has 0 unspecified atom stereocenters. The summed E-state index contributed by atoms with van der Waals surface area (Å²) in [6.45, 7) is 4.98. The zero-order valence-corrected chi connectivity index (χ0v) is 14.1. The van der Waals surface area contributed by atoms with Crippen molar-refractivity contribution in [3.63, 3.8) is 0 Å². The van der Waals surface area contributed by atoms with E-state index in [4.69, 9.17) is 11.6 Å². The summed E-state index contributed by atoms with van der Waals surface area (Å²) in [6, 6.07) is 6.05. The Hall–Kier alpha value is -1.26. The van der Waals surface area contributed by atoms with E-state index in [2.05, 4.69) is 17.3 Å². The van der Waals surface area contributed by atoms with E-state index in [1.54, 1.807) is 0 Å². The molecule has 1 N–H and O–H groups in total. The van der Waals surface area contributed by atoms with Crippen molar-refractivity contribution in [3.05, 3.63) is 28.8 Å². The standard InChI is InChI=1S/C17H24ClN3O/c1-12-5-3-7-14(18)16(12)19-17(22)21-9-4-6-13-11-20(2)10-8-15(13)21/h3,5,7,13,15H,4,6,8-11H2,1-2H3,(H,19,22)/t13-,15+/m1/s1. The van der Waals surface area contributed by atoms with Crippen LogP contribution in [0.15, 0.2) is 18.2 Å². The Kier molecular flexibility index (Phi) is 4.59. The third kappa shape index (κ3) is 3.08. The molecule has 2 fully saturated rings. The zero-order chi connectivity index (χ0) is 15.7. The lowest BCUT2D eigenvalue weighted by Gasteiger charge is -2.46. The molecule has 0 saturated carbocycles. The van der Waals surface area contributed by atoms with Gasteiger partial charge in [0.1, 0.15) is 0 Å². The van der Waals surface area contributed by atoms with Crippen LogP contribution in [0.5, 0.6) is 0 Å². The number of rotatable bonds is 1. The minimum absolute atomic E-state index is 0.00421. The average Bonchev–Trinajstić information content (AvgIpc) is 2.50. The van der Waals surface area contributed by atoms with Crippen LogP contribution in [0.3, 0.4) is 0 Å². The van der Waals surface area contributed by atoms with Crippen LogP contribution in [-0.4, -0.2) is 48.6 Å². The smallest absolute Gasteiger partial charge is 0.321 e. The SMILES string of the molecule is Cc1cccc(Cl)c1NC(=O)N1CCC[C@@H]2CN(C)CC[C@@H]21. The maximum atomic E-state index is 12.8. The molecule has 2 aliphatic heterocycles. The van der Waals surface area contributed by atoms with E-state index in [0.29, 0.717) is 17.0 Å². The van der Waals surface area contributed by atoms with Crippen LogP contribution >= 0.6 is 11.6 Å². The number of benzene rings is 1. The highest BCUT2D eigenvalue weighted by atomic mass is 35.5. The normalized spacial score (nSPS) is 25.7. The Bertz CT molecular complexity index is 543. The van der Waals surface area contributed by atoms with Crippen molar-refractivity contribution in [1.82, 2.24) is 9.80 Å². The molecule has 5 heteroatoms. The van der Waals surface area contributed by atoms with Gasteiger partial charge in [0, 0.05) is 19.1 Å². The Morgan fingerprint density at radius 3 is 2.91 bits per heavy atom. The molecular formula is C17H24ClN3O. The zero-order valence-electron chi connectivity index (χ0n) is 13.3. The minimum Gasteiger partial charge on any atom is -0.321 e. The molecule has 0 spiro atoms. The van der Waals surface area contributed by atoms with Gasteiger partial charge >= 0.3 is 6.03 Å². The van der Waals surface area contributed by atoms with Crippen LogP contribution in [0.4, 0.5) is 10.5 Å². The van der Waals surface area contributed by atoms with Gasteiger partial charge in [-0.25, -0.2) is 4.79 Å². The summed E-state index contributed by atoms with van der Waals surface area (Å²) < 4.78 is 0. The fraction of sp³-hybridized carbons (Fsp3) is 0.588. The maximum Gasteiger partial charge on any atom is 0.322 e. The lowest BCUT2D eigenvalue weighted by molar-refractivity contribution is 0.0579. The molecule has 0 aromatic heterocycles. The van der Waals surface area contributed by atoms with Crippen molar-refractivity contribution < 1.29 is 4.79 Å². The first-order valence-electron chi connectivity index (χ1n) is 8.07. The van der Waals surface area contributed by atoms with Gasteiger partial charge in [0.05, 0.1) is 10.7 Å². The second kappa shape index (κ2) is 6.47. The summed E-state index contributed by atoms with van der Waals surface area (Å²) in [4.78, 5) is 17.2. The number of urea groups is 1. The van der Waals surface area contributed by atoms with Crippen LogP contribution in [0.1, 0.15) is 24.8 Å². The molecule has 1 aromatic rings. The first kappa shape index (κ1) is 15.6. The predicted molar refractivity (Wildman–Crippen MR) is 90.5 cm³/mol. The van der Waals surface area contributed by atoms with Crippen LogP contribution in [0, 0.1) is 12.8 Å². The Labute approximate surface area is 137 Å². The van der Waals surface area contributed by atoms with Gasteiger partial charge in [0.15, 0.2) is 0 Å². The van der Waals surface area contributed by atoms with Gasteiger partial charge in [0.2, 0.25) is 0 Å². The monoisotopic (exact) mass is 321 g/mol. The second-order valence-corrected chi connectivity index (χ2v) is 6.98. The summed E-state index contributed by atoms with van der Waals surface area (Å²) in [5, 5.41) is 3.64. The molecule has 4 nitrogen and oxygen atoms in total. The fourth-order valence-corrected chi connectivity index (χ4v) is 4.08. The first-order chi connectivity index (χ1) is 10.6. The highest BCUT2D eigenvalue weighted by molar-refractivity contribution is 6.33. The number of carbonyl (C=O) groups is 1. The molecule has 0 radical (unpaired) electrons. The third-order valence-electron chi connectivity index (χ3n) is 4.99. The minimum atomic E-state index is -0.00421. The number of piperidine rings is 2. The van der Waals surface area contributed by atoms with Gasteiger partial charge in [-0.05, 0) is 57.3 Å². The lowest BCUT2D eigenvalue weighted by Crippen LogP contribution is -2.56. The fourth-order valence-electron chi connectivity index (χ4n) is 3.81. The summed E-state index contributed by atoms with van der Waals surface area (Å²) in [6.07, 6.45) is 3.38. The Balaban J connectivity index is 1.74. The molecule has 2 saturated heterocycles. The average molecular weight is 322 g/mol. The van der Waals surface area contributed by atoms with Crippen LogP contribution in [-0.2, 0) is 0 Å². The van der Waals surface area contributed by atoms with E-state index in [0.717, 1.165) is 43.7 Å². The Morgan fingerprint density at radius 1 is 1.32 bits per heavy atom. The van der Waals surface area contributed by atoms with E-state index in [1.807, 2.05) is 30.0 Å².